The summed E-state index contributed by atoms with van der Waals surface area (Å²) in [5.41, 5.74) is 3.43. The standard InChI is InChI=1S/C19H22N4O3/c1-3-26-18-16(5-4-10-20-18)23-19(25)21-12(2)13-6-8-15-14(11-13)7-9-17(24)22-15/h4-6,8,10-12H,3,7,9H2,1-2H3,(H,22,24)(H2,21,23,25). The molecule has 0 bridgehead atoms. The highest BCUT2D eigenvalue weighted by Crippen LogP contribution is 2.26. The molecule has 1 unspecified atom stereocenters. The Morgan fingerprint density at radius 2 is 2.19 bits per heavy atom. The number of carbonyl (C=O) groups is 2. The molecule has 0 saturated heterocycles. The van der Waals surface area contributed by atoms with Crippen LogP contribution < -0.4 is 20.7 Å². The number of pyridine rings is 1. The first-order valence-electron chi connectivity index (χ1n) is 8.65. The van der Waals surface area contributed by atoms with Crippen molar-refractivity contribution in [3.8, 4) is 5.88 Å². The predicted octanol–water partition coefficient (Wildman–Crippen LogP) is 3.25. The molecule has 1 aromatic carbocycles. The van der Waals surface area contributed by atoms with E-state index in [1.165, 1.54) is 0 Å². The maximum absolute atomic E-state index is 12.3. The molecule has 0 saturated carbocycles. The number of urea groups is 1. The molecule has 3 N–H and O–H groups in total. The molecular weight excluding hydrogens is 332 g/mol. The number of aryl methyl sites for hydroxylation is 1. The van der Waals surface area contributed by atoms with Crippen LogP contribution in [0.4, 0.5) is 16.2 Å². The summed E-state index contributed by atoms with van der Waals surface area (Å²) in [7, 11) is 0. The number of benzene rings is 1. The Kier molecular flexibility index (Phi) is 5.36. The number of ether oxygens (including phenoxy) is 1. The molecule has 2 heterocycles. The van der Waals surface area contributed by atoms with Gasteiger partial charge < -0.3 is 20.7 Å². The fraction of sp³-hybridized carbons (Fsp3) is 0.316. The Morgan fingerprint density at radius 3 is 3.00 bits per heavy atom. The molecule has 3 amide bonds. The van der Waals surface area contributed by atoms with Gasteiger partial charge in [0.25, 0.3) is 0 Å². The fourth-order valence-corrected chi connectivity index (χ4v) is 2.85. The van der Waals surface area contributed by atoms with E-state index in [1.807, 2.05) is 32.0 Å². The van der Waals surface area contributed by atoms with Crippen molar-refractivity contribution in [1.82, 2.24) is 10.3 Å². The van der Waals surface area contributed by atoms with Gasteiger partial charge in [0.15, 0.2) is 0 Å². The molecule has 26 heavy (non-hydrogen) atoms. The third-order valence-electron chi connectivity index (χ3n) is 4.17. The second-order valence-electron chi connectivity index (χ2n) is 6.07. The summed E-state index contributed by atoms with van der Waals surface area (Å²) >= 11 is 0. The molecule has 0 fully saturated rings. The highest BCUT2D eigenvalue weighted by molar-refractivity contribution is 5.94. The number of hydrogen-bond acceptors (Lipinski definition) is 4. The van der Waals surface area contributed by atoms with Gasteiger partial charge >= 0.3 is 6.03 Å². The van der Waals surface area contributed by atoms with Crippen molar-refractivity contribution in [3.63, 3.8) is 0 Å². The van der Waals surface area contributed by atoms with E-state index in [2.05, 4.69) is 20.9 Å². The molecule has 3 rings (SSSR count). The molecule has 136 valence electrons. The number of fused-ring (bicyclic) bond motifs is 1. The van der Waals surface area contributed by atoms with Crippen molar-refractivity contribution in [1.29, 1.82) is 0 Å². The van der Waals surface area contributed by atoms with Crippen LogP contribution in [0.15, 0.2) is 36.5 Å². The van der Waals surface area contributed by atoms with E-state index in [0.29, 0.717) is 31.0 Å². The minimum Gasteiger partial charge on any atom is -0.476 e. The zero-order chi connectivity index (χ0) is 18.5. The van der Waals surface area contributed by atoms with Gasteiger partial charge in [0.05, 0.1) is 12.6 Å². The molecule has 1 atom stereocenters. The van der Waals surface area contributed by atoms with Crippen LogP contribution in [0, 0.1) is 0 Å². The Labute approximate surface area is 152 Å². The van der Waals surface area contributed by atoms with Crippen LogP contribution >= 0.6 is 0 Å². The van der Waals surface area contributed by atoms with Crippen molar-refractivity contribution in [3.05, 3.63) is 47.7 Å². The van der Waals surface area contributed by atoms with Gasteiger partial charge in [-0.25, -0.2) is 9.78 Å². The summed E-state index contributed by atoms with van der Waals surface area (Å²) < 4.78 is 5.41. The van der Waals surface area contributed by atoms with Crippen LogP contribution in [-0.2, 0) is 11.2 Å². The fourth-order valence-electron chi connectivity index (χ4n) is 2.85. The molecule has 7 nitrogen and oxygen atoms in total. The summed E-state index contributed by atoms with van der Waals surface area (Å²) in [5.74, 6) is 0.430. The lowest BCUT2D eigenvalue weighted by Gasteiger charge is -2.20. The number of carbonyl (C=O) groups excluding carboxylic acids is 2. The highest BCUT2D eigenvalue weighted by Gasteiger charge is 2.17. The number of hydrogen-bond donors (Lipinski definition) is 3. The molecule has 1 aliphatic rings. The SMILES string of the molecule is CCOc1ncccc1NC(=O)NC(C)c1ccc2c(c1)CCC(=O)N2. The van der Waals surface area contributed by atoms with Crippen LogP contribution in [0.1, 0.15) is 37.4 Å². The van der Waals surface area contributed by atoms with Crippen LogP contribution in [0.25, 0.3) is 0 Å². The summed E-state index contributed by atoms with van der Waals surface area (Å²) in [6.45, 7) is 4.24. The molecule has 2 aromatic rings. The molecule has 0 radical (unpaired) electrons. The van der Waals surface area contributed by atoms with Crippen molar-refractivity contribution >= 4 is 23.3 Å². The third-order valence-corrected chi connectivity index (χ3v) is 4.17. The quantitative estimate of drug-likeness (QED) is 0.768. The van der Waals surface area contributed by atoms with Crippen molar-refractivity contribution < 1.29 is 14.3 Å². The molecule has 7 heteroatoms. The normalized spacial score (nSPS) is 14.0. The van der Waals surface area contributed by atoms with E-state index in [-0.39, 0.29) is 18.0 Å². The summed E-state index contributed by atoms with van der Waals surface area (Å²) in [4.78, 5) is 27.9. The second-order valence-corrected chi connectivity index (χ2v) is 6.07. The van der Waals surface area contributed by atoms with Gasteiger partial charge in [0.2, 0.25) is 11.8 Å². The molecular formula is C19H22N4O3. The van der Waals surface area contributed by atoms with Gasteiger partial charge in [-0.1, -0.05) is 12.1 Å². The second kappa shape index (κ2) is 7.86. The lowest BCUT2D eigenvalue weighted by atomic mass is 9.98. The van der Waals surface area contributed by atoms with E-state index < -0.39 is 0 Å². The number of nitrogens with one attached hydrogen (secondary N) is 3. The first-order valence-corrected chi connectivity index (χ1v) is 8.65. The Morgan fingerprint density at radius 1 is 1.35 bits per heavy atom. The van der Waals surface area contributed by atoms with Crippen molar-refractivity contribution in [2.45, 2.75) is 32.7 Å². The third kappa shape index (κ3) is 4.11. The van der Waals surface area contributed by atoms with Crippen LogP contribution in [0.2, 0.25) is 0 Å². The number of anilines is 2. The largest absolute Gasteiger partial charge is 0.476 e. The van der Waals surface area contributed by atoms with Crippen molar-refractivity contribution in [2.24, 2.45) is 0 Å². The van der Waals surface area contributed by atoms with Gasteiger partial charge in [0, 0.05) is 18.3 Å². The smallest absolute Gasteiger partial charge is 0.319 e. The molecule has 1 aliphatic heterocycles. The zero-order valence-electron chi connectivity index (χ0n) is 14.8. The lowest BCUT2D eigenvalue weighted by molar-refractivity contribution is -0.116. The Hall–Kier alpha value is -3.09. The first kappa shape index (κ1) is 17.7. The van der Waals surface area contributed by atoms with E-state index in [9.17, 15) is 9.59 Å². The minimum absolute atomic E-state index is 0.0392. The minimum atomic E-state index is -0.336. The average molecular weight is 354 g/mol. The topological polar surface area (TPSA) is 92.3 Å². The molecule has 0 spiro atoms. The highest BCUT2D eigenvalue weighted by atomic mass is 16.5. The Bertz CT molecular complexity index is 822. The van der Waals surface area contributed by atoms with Gasteiger partial charge in [-0.15, -0.1) is 0 Å². The molecule has 1 aromatic heterocycles. The number of nitrogens with zero attached hydrogens (tertiary/aromatic N) is 1. The van der Waals surface area contributed by atoms with E-state index >= 15 is 0 Å². The van der Waals surface area contributed by atoms with E-state index in [4.69, 9.17) is 4.74 Å². The summed E-state index contributed by atoms with van der Waals surface area (Å²) in [5, 5.41) is 8.54. The Balaban J connectivity index is 1.65. The average Bonchev–Trinajstić information content (AvgIpc) is 2.63. The van der Waals surface area contributed by atoms with Crippen LogP contribution in [-0.4, -0.2) is 23.5 Å². The maximum Gasteiger partial charge on any atom is 0.319 e. The van der Waals surface area contributed by atoms with E-state index in [0.717, 1.165) is 16.8 Å². The van der Waals surface area contributed by atoms with Crippen LogP contribution in [0.5, 0.6) is 5.88 Å². The predicted molar refractivity (Wildman–Crippen MR) is 99.4 cm³/mol. The van der Waals surface area contributed by atoms with E-state index in [1.54, 1.807) is 18.3 Å². The maximum atomic E-state index is 12.3. The van der Waals surface area contributed by atoms with Gasteiger partial charge in [-0.2, -0.15) is 0 Å². The van der Waals surface area contributed by atoms with Crippen molar-refractivity contribution in [2.75, 3.05) is 17.2 Å². The molecule has 0 aliphatic carbocycles. The lowest BCUT2D eigenvalue weighted by Crippen LogP contribution is -2.31. The van der Waals surface area contributed by atoms with Gasteiger partial charge in [0.1, 0.15) is 5.69 Å². The van der Waals surface area contributed by atoms with Crippen LogP contribution in [0.3, 0.4) is 0 Å². The number of aromatic nitrogens is 1. The number of rotatable bonds is 5. The first-order chi connectivity index (χ1) is 12.6. The van der Waals surface area contributed by atoms with Gasteiger partial charge in [-0.05, 0) is 49.6 Å². The monoisotopic (exact) mass is 354 g/mol. The summed E-state index contributed by atoms with van der Waals surface area (Å²) in [6.07, 6.45) is 2.81. The number of amides is 3. The zero-order valence-corrected chi connectivity index (χ0v) is 14.8. The van der Waals surface area contributed by atoms with Gasteiger partial charge in [-0.3, -0.25) is 4.79 Å². The summed E-state index contributed by atoms with van der Waals surface area (Å²) in [6, 6.07) is 8.76.